The summed E-state index contributed by atoms with van der Waals surface area (Å²) >= 11 is 6.16. The molecule has 0 aliphatic rings. The summed E-state index contributed by atoms with van der Waals surface area (Å²) in [7, 11) is 0. The maximum Gasteiger partial charge on any atom is 0.0783 e. The van der Waals surface area contributed by atoms with Crippen molar-refractivity contribution >= 4 is 22.5 Å². The molecule has 0 saturated carbocycles. The number of para-hydroxylation sites is 1. The Bertz CT molecular complexity index is 997. The van der Waals surface area contributed by atoms with Crippen molar-refractivity contribution in [2.24, 2.45) is 0 Å². The molecule has 0 spiro atoms. The first kappa shape index (κ1) is 14.9. The number of hydrogen-bond donors (Lipinski definition) is 0. The van der Waals surface area contributed by atoms with Gasteiger partial charge in [0.25, 0.3) is 0 Å². The molecule has 3 heteroatoms. The summed E-state index contributed by atoms with van der Waals surface area (Å²) in [4.78, 5) is 8.98. The highest BCUT2D eigenvalue weighted by Crippen LogP contribution is 2.29. The molecule has 24 heavy (non-hydrogen) atoms. The molecule has 0 aliphatic heterocycles. The Balaban J connectivity index is 1.82. The van der Waals surface area contributed by atoms with Crippen LogP contribution in [0.25, 0.3) is 22.0 Å². The quantitative estimate of drug-likeness (QED) is 0.493. The van der Waals surface area contributed by atoms with Crippen molar-refractivity contribution in [3.8, 4) is 11.1 Å². The van der Waals surface area contributed by atoms with Crippen LogP contribution in [0.1, 0.15) is 11.3 Å². The van der Waals surface area contributed by atoms with Gasteiger partial charge >= 0.3 is 0 Å². The minimum atomic E-state index is 0.734. The number of rotatable bonds is 3. The Kier molecular flexibility index (Phi) is 3.97. The molecule has 0 N–H and O–H groups in total. The van der Waals surface area contributed by atoms with Gasteiger partial charge in [0.05, 0.1) is 5.52 Å². The summed E-state index contributed by atoms with van der Waals surface area (Å²) in [6.45, 7) is 0. The fraction of sp³-hybridized carbons (Fsp3) is 0.0476. The van der Waals surface area contributed by atoms with E-state index in [2.05, 4.69) is 41.4 Å². The Morgan fingerprint density at radius 3 is 2.50 bits per heavy atom. The lowest BCUT2D eigenvalue weighted by molar-refractivity contribution is 1.09. The van der Waals surface area contributed by atoms with Gasteiger partial charge in [0, 0.05) is 40.5 Å². The molecule has 0 bridgehead atoms. The van der Waals surface area contributed by atoms with Crippen LogP contribution in [0.5, 0.6) is 0 Å². The average molecular weight is 331 g/mol. The van der Waals surface area contributed by atoms with Gasteiger partial charge in [0.1, 0.15) is 0 Å². The molecule has 0 atom stereocenters. The van der Waals surface area contributed by atoms with E-state index in [1.165, 1.54) is 5.56 Å². The van der Waals surface area contributed by atoms with Gasteiger partial charge in [-0.05, 0) is 41.5 Å². The summed E-state index contributed by atoms with van der Waals surface area (Å²) in [5.74, 6) is 0. The van der Waals surface area contributed by atoms with Gasteiger partial charge in [-0.2, -0.15) is 0 Å². The zero-order chi connectivity index (χ0) is 16.4. The third-order valence-electron chi connectivity index (χ3n) is 4.05. The van der Waals surface area contributed by atoms with E-state index in [0.29, 0.717) is 0 Å². The van der Waals surface area contributed by atoms with Crippen LogP contribution in [0.3, 0.4) is 0 Å². The summed E-state index contributed by atoms with van der Waals surface area (Å²) in [6, 6.07) is 22.4. The van der Waals surface area contributed by atoms with Gasteiger partial charge in [-0.3, -0.25) is 9.97 Å². The summed E-state index contributed by atoms with van der Waals surface area (Å²) < 4.78 is 0. The number of hydrogen-bond acceptors (Lipinski definition) is 2. The van der Waals surface area contributed by atoms with Crippen molar-refractivity contribution in [1.29, 1.82) is 0 Å². The van der Waals surface area contributed by atoms with Gasteiger partial charge in [-0.25, -0.2) is 0 Å². The molecule has 0 fully saturated rings. The maximum absolute atomic E-state index is 6.16. The number of fused-ring (bicyclic) bond motifs is 1. The number of halogens is 1. The zero-order valence-electron chi connectivity index (χ0n) is 13.0. The van der Waals surface area contributed by atoms with Gasteiger partial charge in [0.2, 0.25) is 0 Å². The normalized spacial score (nSPS) is 10.9. The number of nitrogens with zero attached hydrogens (tertiary/aromatic N) is 2. The van der Waals surface area contributed by atoms with E-state index >= 15 is 0 Å². The van der Waals surface area contributed by atoms with E-state index in [1.807, 2.05) is 42.7 Å². The Hall–Kier alpha value is -2.71. The van der Waals surface area contributed by atoms with E-state index in [4.69, 9.17) is 16.6 Å². The highest BCUT2D eigenvalue weighted by molar-refractivity contribution is 6.30. The highest BCUT2D eigenvalue weighted by atomic mass is 35.5. The van der Waals surface area contributed by atoms with E-state index in [1.54, 1.807) is 0 Å². The first-order chi connectivity index (χ1) is 11.8. The van der Waals surface area contributed by atoms with Crippen LogP contribution < -0.4 is 0 Å². The lowest BCUT2D eigenvalue weighted by atomic mass is 10.0. The molecule has 4 rings (SSSR count). The predicted molar refractivity (Wildman–Crippen MR) is 99.2 cm³/mol. The Morgan fingerprint density at radius 1 is 0.833 bits per heavy atom. The third-order valence-corrected chi connectivity index (χ3v) is 4.28. The van der Waals surface area contributed by atoms with E-state index < -0.39 is 0 Å². The van der Waals surface area contributed by atoms with Crippen molar-refractivity contribution in [1.82, 2.24) is 9.97 Å². The van der Waals surface area contributed by atoms with E-state index in [9.17, 15) is 0 Å². The van der Waals surface area contributed by atoms with Gasteiger partial charge in [-0.1, -0.05) is 48.0 Å². The first-order valence-corrected chi connectivity index (χ1v) is 8.21. The summed E-state index contributed by atoms with van der Waals surface area (Å²) in [5, 5.41) is 1.86. The van der Waals surface area contributed by atoms with Crippen LogP contribution in [0.2, 0.25) is 5.02 Å². The molecule has 0 unspecified atom stereocenters. The lowest BCUT2D eigenvalue weighted by Gasteiger charge is -2.09. The van der Waals surface area contributed by atoms with Gasteiger partial charge in [-0.15, -0.1) is 0 Å². The largest absolute Gasteiger partial charge is 0.265 e. The smallest absolute Gasteiger partial charge is 0.0783 e. The zero-order valence-corrected chi connectivity index (χ0v) is 13.7. The topological polar surface area (TPSA) is 25.8 Å². The van der Waals surface area contributed by atoms with Crippen molar-refractivity contribution in [3.63, 3.8) is 0 Å². The molecular formula is C21H15ClN2. The van der Waals surface area contributed by atoms with Gasteiger partial charge in [0.15, 0.2) is 0 Å². The molecule has 0 radical (unpaired) electrons. The highest BCUT2D eigenvalue weighted by Gasteiger charge is 2.07. The second-order valence-corrected chi connectivity index (χ2v) is 6.16. The second kappa shape index (κ2) is 6.42. The standard InChI is InChI=1S/C21H15ClN2/c22-18-5-1-4-17(14-18)20-6-2-3-16-7-8-19(24-21(16)20)13-15-9-11-23-12-10-15/h1-12,14H,13H2. The van der Waals surface area contributed by atoms with Crippen LogP contribution in [0, 0.1) is 0 Å². The van der Waals surface area contributed by atoms with Crippen LogP contribution >= 0.6 is 11.6 Å². The SMILES string of the molecule is Clc1cccc(-c2cccc3ccc(Cc4ccncc4)nc23)c1. The lowest BCUT2D eigenvalue weighted by Crippen LogP contribution is -1.94. The predicted octanol–water partition coefficient (Wildman–Crippen LogP) is 5.54. The molecule has 2 heterocycles. The summed E-state index contributed by atoms with van der Waals surface area (Å²) in [5.41, 5.74) is 5.44. The van der Waals surface area contributed by atoms with Crippen molar-refractivity contribution in [2.45, 2.75) is 6.42 Å². The average Bonchev–Trinajstić information content (AvgIpc) is 2.62. The van der Waals surface area contributed by atoms with Crippen LogP contribution in [0.15, 0.2) is 79.1 Å². The molecule has 0 aliphatic carbocycles. The maximum atomic E-state index is 6.16. The number of pyridine rings is 2. The van der Waals surface area contributed by atoms with Crippen molar-refractivity contribution in [2.75, 3.05) is 0 Å². The minimum absolute atomic E-state index is 0.734. The molecule has 0 amide bonds. The molecule has 0 saturated heterocycles. The van der Waals surface area contributed by atoms with E-state index in [0.717, 1.165) is 39.2 Å². The van der Waals surface area contributed by atoms with Crippen molar-refractivity contribution < 1.29 is 0 Å². The molecule has 116 valence electrons. The van der Waals surface area contributed by atoms with E-state index in [-0.39, 0.29) is 0 Å². The molecular weight excluding hydrogens is 316 g/mol. The first-order valence-electron chi connectivity index (χ1n) is 7.83. The van der Waals surface area contributed by atoms with Crippen molar-refractivity contribution in [3.05, 3.63) is 95.4 Å². The van der Waals surface area contributed by atoms with Gasteiger partial charge < -0.3 is 0 Å². The number of benzene rings is 2. The van der Waals surface area contributed by atoms with Crippen LogP contribution in [-0.2, 0) is 6.42 Å². The minimum Gasteiger partial charge on any atom is -0.265 e. The Labute approximate surface area is 145 Å². The summed E-state index contributed by atoms with van der Waals surface area (Å²) in [6.07, 6.45) is 4.42. The molecule has 2 nitrogen and oxygen atoms in total. The fourth-order valence-electron chi connectivity index (χ4n) is 2.88. The van der Waals surface area contributed by atoms with Crippen LogP contribution in [-0.4, -0.2) is 9.97 Å². The molecule has 2 aromatic carbocycles. The fourth-order valence-corrected chi connectivity index (χ4v) is 3.07. The molecule has 2 aromatic heterocycles. The third kappa shape index (κ3) is 3.01. The van der Waals surface area contributed by atoms with Crippen LogP contribution in [0.4, 0.5) is 0 Å². The Morgan fingerprint density at radius 2 is 1.67 bits per heavy atom. The second-order valence-electron chi connectivity index (χ2n) is 5.72. The number of aromatic nitrogens is 2. The molecule has 4 aromatic rings. The monoisotopic (exact) mass is 330 g/mol.